The first-order chi connectivity index (χ1) is 20.9. The molecule has 2 N–H and O–H groups in total. The number of carbonyl (C=O) groups is 3. The normalized spacial score (nSPS) is 24.2. The Morgan fingerprint density at radius 2 is 1.86 bits per heavy atom. The number of esters is 1. The number of halogens is 3. The lowest BCUT2D eigenvalue weighted by Crippen LogP contribution is -2.65. The monoisotopic (exact) mass is 616 g/mol. The average Bonchev–Trinajstić information content (AvgIpc) is 3.37. The molecule has 2 aromatic rings. The SMILES string of the molecule is COC(=O)C1C(C)N(c2cccc(C(F)(F)F)c2)C2NNC(=O)N2[C@H]1c1ccc(C#N)cc1C[N+]1(C)CCCCC1.O=C[O-]. The smallest absolute Gasteiger partial charge is 0.416 e. The van der Waals surface area contributed by atoms with Crippen LogP contribution in [0.3, 0.4) is 0 Å². The number of hydrogen-bond donors (Lipinski definition) is 2. The van der Waals surface area contributed by atoms with Crippen LogP contribution in [0.15, 0.2) is 42.5 Å². The molecule has 3 fully saturated rings. The number of rotatable bonds is 5. The highest BCUT2D eigenvalue weighted by Crippen LogP contribution is 2.45. The number of anilines is 1. The van der Waals surface area contributed by atoms with Gasteiger partial charge in [0.25, 0.3) is 0 Å². The first kappa shape index (κ1) is 32.6. The van der Waals surface area contributed by atoms with Crippen molar-refractivity contribution in [3.05, 3.63) is 64.7 Å². The lowest BCUT2D eigenvalue weighted by atomic mass is 9.81. The van der Waals surface area contributed by atoms with Gasteiger partial charge >= 0.3 is 18.2 Å². The standard InChI is InChI=1S/C29H33F3N6O3.CH2O2/c1-18-24(26(39)41-3)25(23-11-10-19(16-33)14-20(23)17-38(2)12-5-4-6-13-38)37-27(34-35-28(37)40)36(18)22-9-7-8-21(15-22)29(30,31)32;2-1-3/h7-11,14-15,18,24-25,27,34H,4-6,12-13,17H2,1-3H3;1H,(H,2,3)/t18?,24?,25-,27?;/m0./s1. The number of hydrazine groups is 1. The van der Waals surface area contributed by atoms with Crippen LogP contribution in [-0.4, -0.2) is 67.4 Å². The first-order valence-corrected chi connectivity index (χ1v) is 14.2. The van der Waals surface area contributed by atoms with Crippen molar-refractivity contribution in [3.8, 4) is 6.07 Å². The summed E-state index contributed by atoms with van der Waals surface area (Å²) < 4.78 is 46.9. The van der Waals surface area contributed by atoms with Crippen LogP contribution in [0, 0.1) is 17.2 Å². The Morgan fingerprint density at radius 3 is 2.48 bits per heavy atom. The molecular formula is C30H35F3N6O5. The number of carboxylic acid groups (broad SMARTS) is 1. The number of benzene rings is 2. The second-order valence-electron chi connectivity index (χ2n) is 11.5. The maximum absolute atomic E-state index is 13.6. The minimum Gasteiger partial charge on any atom is -0.554 e. The number of hydrogen-bond acceptors (Lipinski definition) is 8. The van der Waals surface area contributed by atoms with Crippen LogP contribution in [0.2, 0.25) is 0 Å². The number of likely N-dealkylation sites (tertiary alicyclic amines) is 1. The molecule has 44 heavy (non-hydrogen) atoms. The van der Waals surface area contributed by atoms with Gasteiger partial charge < -0.3 is 24.0 Å². The van der Waals surface area contributed by atoms with Crippen LogP contribution in [0.1, 0.15) is 54.5 Å². The number of nitriles is 1. The fraction of sp³-hybridized carbons (Fsp3) is 0.467. The summed E-state index contributed by atoms with van der Waals surface area (Å²) in [6.07, 6.45) is -2.13. The van der Waals surface area contributed by atoms with Crippen LogP contribution in [0.4, 0.5) is 23.7 Å². The number of methoxy groups -OCH3 is 1. The van der Waals surface area contributed by atoms with Gasteiger partial charge in [0.2, 0.25) is 0 Å². The number of nitrogens with one attached hydrogen (secondary N) is 2. The molecule has 4 atom stereocenters. The Bertz CT molecular complexity index is 1420. The van der Waals surface area contributed by atoms with Crippen molar-refractivity contribution in [1.29, 1.82) is 5.26 Å². The van der Waals surface area contributed by atoms with Crippen LogP contribution < -0.4 is 20.9 Å². The topological polar surface area (TPSA) is 138 Å². The number of ether oxygens (including phenoxy) is 1. The Balaban J connectivity index is 0.00000141. The summed E-state index contributed by atoms with van der Waals surface area (Å²) in [4.78, 5) is 38.2. The zero-order valence-electron chi connectivity index (χ0n) is 24.6. The summed E-state index contributed by atoms with van der Waals surface area (Å²) in [5, 5.41) is 17.9. The number of carbonyl (C=O) groups excluding carboxylic acids is 3. The van der Waals surface area contributed by atoms with E-state index in [9.17, 15) is 28.0 Å². The summed E-state index contributed by atoms with van der Waals surface area (Å²) in [7, 11) is 3.43. The molecule has 3 heterocycles. The van der Waals surface area contributed by atoms with Gasteiger partial charge in [-0.1, -0.05) is 12.1 Å². The highest BCUT2D eigenvalue weighted by molar-refractivity contribution is 5.82. The highest BCUT2D eigenvalue weighted by atomic mass is 19.4. The van der Waals surface area contributed by atoms with E-state index in [1.165, 1.54) is 24.1 Å². The van der Waals surface area contributed by atoms with E-state index in [2.05, 4.69) is 24.0 Å². The third kappa shape index (κ3) is 6.44. The third-order valence-electron chi connectivity index (χ3n) is 8.65. The third-order valence-corrected chi connectivity index (χ3v) is 8.65. The van der Waals surface area contributed by atoms with Gasteiger partial charge in [-0.05, 0) is 62.1 Å². The fourth-order valence-electron chi connectivity index (χ4n) is 6.66. The highest BCUT2D eigenvalue weighted by Gasteiger charge is 2.55. The number of fused-ring (bicyclic) bond motifs is 1. The largest absolute Gasteiger partial charge is 0.554 e. The van der Waals surface area contributed by atoms with Crippen molar-refractivity contribution in [2.24, 2.45) is 5.92 Å². The van der Waals surface area contributed by atoms with E-state index in [-0.39, 0.29) is 5.69 Å². The molecule has 3 unspecified atom stereocenters. The lowest BCUT2D eigenvalue weighted by Gasteiger charge is -2.52. The van der Waals surface area contributed by atoms with Crippen molar-refractivity contribution in [3.63, 3.8) is 0 Å². The molecule has 3 aliphatic heterocycles. The van der Waals surface area contributed by atoms with Gasteiger partial charge in [-0.25, -0.2) is 4.79 Å². The zero-order chi connectivity index (χ0) is 32.2. The Labute approximate surface area is 253 Å². The predicted molar refractivity (Wildman–Crippen MR) is 150 cm³/mol. The molecule has 14 heteroatoms. The second-order valence-corrected chi connectivity index (χ2v) is 11.5. The molecule has 0 radical (unpaired) electrons. The van der Waals surface area contributed by atoms with Crippen molar-refractivity contribution >= 4 is 24.2 Å². The second kappa shape index (κ2) is 13.1. The number of alkyl halides is 3. The molecule has 0 spiro atoms. The summed E-state index contributed by atoms with van der Waals surface area (Å²) in [6.45, 7) is 3.79. The van der Waals surface area contributed by atoms with Crippen molar-refractivity contribution < 1.29 is 41.9 Å². The van der Waals surface area contributed by atoms with Gasteiger partial charge in [-0.2, -0.15) is 23.9 Å². The van der Waals surface area contributed by atoms with Gasteiger partial charge in [0, 0.05) is 23.8 Å². The maximum atomic E-state index is 13.6. The van der Waals surface area contributed by atoms with E-state index in [4.69, 9.17) is 14.6 Å². The lowest BCUT2D eigenvalue weighted by molar-refractivity contribution is -0.926. The van der Waals surface area contributed by atoms with E-state index in [1.807, 2.05) is 6.07 Å². The Hall–Kier alpha value is -4.35. The molecule has 2 aromatic carbocycles. The number of piperidine rings is 1. The molecule has 0 aromatic heterocycles. The zero-order valence-corrected chi connectivity index (χ0v) is 24.6. The van der Waals surface area contributed by atoms with E-state index in [1.54, 1.807) is 24.0 Å². The van der Waals surface area contributed by atoms with Gasteiger partial charge in [-0.15, -0.1) is 0 Å². The Kier molecular flexibility index (Phi) is 9.70. The van der Waals surface area contributed by atoms with E-state index in [0.717, 1.165) is 54.5 Å². The molecule has 236 valence electrons. The minimum atomic E-state index is -4.57. The van der Waals surface area contributed by atoms with Gasteiger partial charge in [-0.3, -0.25) is 15.1 Å². The molecule has 3 saturated heterocycles. The fourth-order valence-corrected chi connectivity index (χ4v) is 6.66. The maximum Gasteiger partial charge on any atom is 0.416 e. The number of amides is 2. The van der Waals surface area contributed by atoms with Crippen molar-refractivity contribution in [2.75, 3.05) is 32.1 Å². The van der Waals surface area contributed by atoms with E-state index >= 15 is 0 Å². The Morgan fingerprint density at radius 1 is 1.18 bits per heavy atom. The molecular weight excluding hydrogens is 581 g/mol. The van der Waals surface area contributed by atoms with E-state index < -0.39 is 54.5 Å². The average molecular weight is 617 g/mol. The summed E-state index contributed by atoms with van der Waals surface area (Å²) >= 11 is 0. The predicted octanol–water partition coefficient (Wildman–Crippen LogP) is 2.63. The van der Waals surface area contributed by atoms with Gasteiger partial charge in [0.1, 0.15) is 12.5 Å². The molecule has 11 nitrogen and oxygen atoms in total. The molecule has 2 amide bonds. The van der Waals surface area contributed by atoms with Crippen molar-refractivity contribution in [2.45, 2.75) is 57.3 Å². The number of urea groups is 1. The molecule has 0 bridgehead atoms. The minimum absolute atomic E-state index is 0.199. The summed E-state index contributed by atoms with van der Waals surface area (Å²) in [6, 6.07) is 10.3. The summed E-state index contributed by atoms with van der Waals surface area (Å²) in [5.41, 5.74) is 6.91. The van der Waals surface area contributed by atoms with Gasteiger partial charge in [0.15, 0.2) is 6.29 Å². The molecule has 3 aliphatic rings. The van der Waals surface area contributed by atoms with Crippen LogP contribution in [0.25, 0.3) is 0 Å². The van der Waals surface area contributed by atoms with E-state index in [0.29, 0.717) is 17.7 Å². The van der Waals surface area contributed by atoms with Crippen LogP contribution in [0.5, 0.6) is 0 Å². The summed E-state index contributed by atoms with van der Waals surface area (Å²) in [5.74, 6) is -1.54. The number of quaternary nitrogens is 1. The molecule has 0 aliphatic carbocycles. The number of nitrogens with zero attached hydrogens (tertiary/aromatic N) is 4. The quantitative estimate of drug-likeness (QED) is 0.297. The molecule has 0 saturated carbocycles. The van der Waals surface area contributed by atoms with Crippen LogP contribution in [-0.2, 0) is 27.0 Å². The van der Waals surface area contributed by atoms with Gasteiger partial charge in [0.05, 0.1) is 50.5 Å². The molecule has 5 rings (SSSR count). The first-order valence-electron chi connectivity index (χ1n) is 14.2. The van der Waals surface area contributed by atoms with Crippen molar-refractivity contribution in [1.82, 2.24) is 15.8 Å². The van der Waals surface area contributed by atoms with Crippen LogP contribution >= 0.6 is 0 Å².